The summed E-state index contributed by atoms with van der Waals surface area (Å²) < 4.78 is 1.61. The van der Waals surface area contributed by atoms with Gasteiger partial charge in [-0.2, -0.15) is 10.4 Å². The van der Waals surface area contributed by atoms with Gasteiger partial charge in [-0.15, -0.1) is 0 Å². The molecule has 1 aliphatic rings. The number of nitrogens with zero attached hydrogens (tertiary/aromatic N) is 4. The van der Waals surface area contributed by atoms with E-state index in [0.717, 1.165) is 5.69 Å². The van der Waals surface area contributed by atoms with Crippen molar-refractivity contribution in [3.8, 4) is 6.07 Å². The minimum absolute atomic E-state index is 0.148. The molecule has 4 N–H and O–H groups in total. The molecule has 1 aromatic heterocycles. The number of para-hydroxylation sites is 1. The van der Waals surface area contributed by atoms with Crippen molar-refractivity contribution in [1.29, 1.82) is 5.26 Å². The third-order valence-electron chi connectivity index (χ3n) is 5.18. The van der Waals surface area contributed by atoms with Crippen LogP contribution in [0.25, 0.3) is 0 Å². The Balaban J connectivity index is 1.98. The first-order valence-electron chi connectivity index (χ1n) is 8.95. The number of benzene rings is 1. The van der Waals surface area contributed by atoms with Crippen molar-refractivity contribution >= 4 is 23.5 Å². The summed E-state index contributed by atoms with van der Waals surface area (Å²) in [5.74, 6) is -0.322. The fourth-order valence-corrected chi connectivity index (χ4v) is 3.74. The number of nitriles is 1. The third-order valence-corrected chi connectivity index (χ3v) is 5.18. The molecule has 1 saturated heterocycles. The van der Waals surface area contributed by atoms with Crippen molar-refractivity contribution < 1.29 is 14.7 Å². The number of hydrogen-bond acceptors (Lipinski definition) is 5. The zero-order valence-electron chi connectivity index (χ0n) is 15.5. The topological polar surface area (TPSA) is 137 Å². The summed E-state index contributed by atoms with van der Waals surface area (Å²) in [7, 11) is 0. The van der Waals surface area contributed by atoms with E-state index < -0.39 is 17.5 Å². The summed E-state index contributed by atoms with van der Waals surface area (Å²) in [5.41, 5.74) is 5.79. The second-order valence-electron chi connectivity index (χ2n) is 7.03. The molecule has 2 heterocycles. The Morgan fingerprint density at radius 1 is 1.43 bits per heavy atom. The summed E-state index contributed by atoms with van der Waals surface area (Å²) in [4.78, 5) is 24.7. The molecule has 146 valence electrons. The molecule has 9 nitrogen and oxygen atoms in total. The van der Waals surface area contributed by atoms with Gasteiger partial charge in [0, 0.05) is 24.5 Å². The molecule has 9 heteroatoms. The second-order valence-corrected chi connectivity index (χ2v) is 7.03. The van der Waals surface area contributed by atoms with Gasteiger partial charge < -0.3 is 21.1 Å². The van der Waals surface area contributed by atoms with Gasteiger partial charge in [-0.25, -0.2) is 4.79 Å². The van der Waals surface area contributed by atoms with Gasteiger partial charge in [0.05, 0.1) is 18.0 Å². The Bertz CT molecular complexity index is 919. The fourth-order valence-electron chi connectivity index (χ4n) is 3.74. The number of nitrogens with two attached hydrogens (primary N) is 1. The molecule has 0 spiro atoms. The number of likely N-dealkylation sites (tertiary alicyclic amines) is 1. The highest BCUT2D eigenvalue weighted by Gasteiger charge is 2.42. The maximum atomic E-state index is 12.0. The lowest BCUT2D eigenvalue weighted by Crippen LogP contribution is -2.52. The van der Waals surface area contributed by atoms with Gasteiger partial charge in [0.15, 0.2) is 5.82 Å². The lowest BCUT2D eigenvalue weighted by molar-refractivity contribution is 0.0563. The van der Waals surface area contributed by atoms with Gasteiger partial charge in [-0.1, -0.05) is 18.2 Å². The largest absolute Gasteiger partial charge is 0.465 e. The first-order chi connectivity index (χ1) is 13.4. The van der Waals surface area contributed by atoms with Crippen LogP contribution in [0.5, 0.6) is 0 Å². The smallest absolute Gasteiger partial charge is 0.407 e. The number of hydrogen-bond donors (Lipinski definition) is 3. The summed E-state index contributed by atoms with van der Waals surface area (Å²) in [6.07, 6.45) is 1.55. The van der Waals surface area contributed by atoms with E-state index in [4.69, 9.17) is 5.73 Å². The highest BCUT2D eigenvalue weighted by atomic mass is 16.4. The SMILES string of the molecule is CC1CC(CC#N)(n2cc(C(N)=O)c(Nc3ccccc3)n2)CCN1C(=O)O. The van der Waals surface area contributed by atoms with Crippen LogP contribution >= 0.6 is 0 Å². The van der Waals surface area contributed by atoms with Crippen molar-refractivity contribution in [2.75, 3.05) is 11.9 Å². The van der Waals surface area contributed by atoms with E-state index in [1.54, 1.807) is 17.8 Å². The molecular formula is C19H22N6O3. The highest BCUT2D eigenvalue weighted by molar-refractivity contribution is 5.98. The molecule has 2 amide bonds. The maximum absolute atomic E-state index is 12.0. The second kappa shape index (κ2) is 7.60. The first kappa shape index (κ1) is 19.2. The van der Waals surface area contributed by atoms with E-state index in [9.17, 15) is 20.0 Å². The van der Waals surface area contributed by atoms with Gasteiger partial charge >= 0.3 is 6.09 Å². The van der Waals surface area contributed by atoms with E-state index >= 15 is 0 Å². The van der Waals surface area contributed by atoms with Crippen molar-refractivity contribution in [2.24, 2.45) is 5.73 Å². The summed E-state index contributed by atoms with van der Waals surface area (Å²) in [6, 6.07) is 11.1. The number of piperidine rings is 1. The molecule has 0 bridgehead atoms. The number of carbonyl (C=O) groups is 2. The van der Waals surface area contributed by atoms with Gasteiger partial charge in [0.25, 0.3) is 5.91 Å². The van der Waals surface area contributed by atoms with Crippen LogP contribution in [0.15, 0.2) is 36.5 Å². The van der Waals surface area contributed by atoms with Gasteiger partial charge in [-0.05, 0) is 31.9 Å². The quantitative estimate of drug-likeness (QED) is 0.726. The number of primary amides is 1. The lowest BCUT2D eigenvalue weighted by atomic mass is 9.81. The Labute approximate surface area is 162 Å². The Kier molecular flexibility index (Phi) is 5.22. The number of nitrogens with one attached hydrogen (secondary N) is 1. The van der Waals surface area contributed by atoms with Crippen molar-refractivity contribution in [1.82, 2.24) is 14.7 Å². The number of rotatable bonds is 5. The zero-order valence-corrected chi connectivity index (χ0v) is 15.5. The van der Waals surface area contributed by atoms with Crippen LogP contribution in [0.2, 0.25) is 0 Å². The standard InChI is InChI=1S/C19H22N6O3/c1-13-11-19(7-9-20,8-10-24(13)18(27)28)25-12-15(16(21)26)17(23-25)22-14-5-3-2-4-6-14/h2-6,12-13H,7-8,10-11H2,1H3,(H2,21,26)(H,22,23)(H,27,28). The Hall–Kier alpha value is -3.54. The first-order valence-corrected chi connectivity index (χ1v) is 8.95. The van der Waals surface area contributed by atoms with Crippen LogP contribution in [-0.2, 0) is 5.54 Å². The molecule has 1 fully saturated rings. The van der Waals surface area contributed by atoms with Gasteiger partial charge in [-0.3, -0.25) is 9.48 Å². The molecular weight excluding hydrogens is 360 g/mol. The zero-order chi connectivity index (χ0) is 20.3. The predicted molar refractivity (Wildman–Crippen MR) is 102 cm³/mol. The molecule has 2 atom stereocenters. The monoisotopic (exact) mass is 382 g/mol. The average Bonchev–Trinajstić information content (AvgIpc) is 3.07. The predicted octanol–water partition coefficient (Wildman–Crippen LogP) is 2.50. The van der Waals surface area contributed by atoms with Crippen molar-refractivity contribution in [2.45, 2.75) is 37.8 Å². The van der Waals surface area contributed by atoms with E-state index in [0.29, 0.717) is 18.7 Å². The molecule has 1 aliphatic heterocycles. The third kappa shape index (κ3) is 3.62. The molecule has 1 aromatic carbocycles. The molecule has 2 unspecified atom stereocenters. The lowest BCUT2D eigenvalue weighted by Gasteiger charge is -2.43. The molecule has 0 saturated carbocycles. The van der Waals surface area contributed by atoms with Crippen LogP contribution in [0.4, 0.5) is 16.3 Å². The van der Waals surface area contributed by atoms with Crippen LogP contribution < -0.4 is 11.1 Å². The Morgan fingerprint density at radius 2 is 2.14 bits per heavy atom. The highest BCUT2D eigenvalue weighted by Crippen LogP contribution is 2.37. The van der Waals surface area contributed by atoms with Crippen LogP contribution in [0.1, 0.15) is 36.5 Å². The molecule has 3 rings (SSSR count). The number of anilines is 2. The molecule has 2 aromatic rings. The normalized spacial score (nSPS) is 21.7. The Morgan fingerprint density at radius 3 is 2.71 bits per heavy atom. The van der Waals surface area contributed by atoms with E-state index in [2.05, 4.69) is 16.5 Å². The van der Waals surface area contributed by atoms with Gasteiger partial charge in [0.2, 0.25) is 0 Å². The fraction of sp³-hybridized carbons (Fsp3) is 0.368. The number of carbonyl (C=O) groups excluding carboxylic acids is 1. The van der Waals surface area contributed by atoms with E-state index in [1.165, 1.54) is 4.90 Å². The van der Waals surface area contributed by atoms with Crippen LogP contribution in [-0.4, -0.2) is 44.4 Å². The van der Waals surface area contributed by atoms with E-state index in [1.807, 2.05) is 30.3 Å². The summed E-state index contributed by atoms with van der Waals surface area (Å²) in [6.45, 7) is 2.09. The number of aromatic nitrogens is 2. The minimum atomic E-state index is -0.984. The molecule has 28 heavy (non-hydrogen) atoms. The average molecular weight is 382 g/mol. The summed E-state index contributed by atoms with van der Waals surface area (Å²) in [5, 5.41) is 26.4. The number of amides is 2. The number of carboxylic acid groups (broad SMARTS) is 1. The van der Waals surface area contributed by atoms with Crippen LogP contribution in [0, 0.1) is 11.3 Å². The van der Waals surface area contributed by atoms with Gasteiger partial charge in [0.1, 0.15) is 5.56 Å². The molecule has 0 radical (unpaired) electrons. The van der Waals surface area contributed by atoms with Crippen molar-refractivity contribution in [3.05, 3.63) is 42.1 Å². The summed E-state index contributed by atoms with van der Waals surface area (Å²) >= 11 is 0. The van der Waals surface area contributed by atoms with Crippen LogP contribution in [0.3, 0.4) is 0 Å². The van der Waals surface area contributed by atoms with E-state index in [-0.39, 0.29) is 24.6 Å². The minimum Gasteiger partial charge on any atom is -0.465 e. The molecule has 0 aliphatic carbocycles. The maximum Gasteiger partial charge on any atom is 0.407 e. The van der Waals surface area contributed by atoms with Crippen molar-refractivity contribution in [3.63, 3.8) is 0 Å².